The normalized spacial score (nSPS) is 15.9. The van der Waals surface area contributed by atoms with Crippen molar-refractivity contribution in [2.24, 2.45) is 0 Å². The van der Waals surface area contributed by atoms with Crippen LogP contribution in [0.15, 0.2) is 0 Å². The number of hydrogen-bond donors (Lipinski definition) is 1. The molecule has 0 radical (unpaired) electrons. The molecule has 108 valence electrons. The van der Waals surface area contributed by atoms with Crippen molar-refractivity contribution >= 4 is 0 Å². The molecule has 0 fully saturated rings. The van der Waals surface area contributed by atoms with Crippen molar-refractivity contribution in [1.82, 2.24) is 0 Å². The SMILES string of the molecule is CCC.Cc1c(C)c2c(c(C)c1O)CCC(C)(C)O2. The maximum absolute atomic E-state index is 10.0. The quantitative estimate of drug-likeness (QED) is 0.726. The van der Waals surface area contributed by atoms with E-state index in [2.05, 4.69) is 27.7 Å². The largest absolute Gasteiger partial charge is 0.507 e. The molecule has 1 N–H and O–H groups in total. The number of fused-ring (bicyclic) bond motifs is 1. The van der Waals surface area contributed by atoms with Crippen LogP contribution in [0.5, 0.6) is 11.5 Å². The minimum absolute atomic E-state index is 0.0897. The van der Waals surface area contributed by atoms with Gasteiger partial charge in [-0.25, -0.2) is 0 Å². The van der Waals surface area contributed by atoms with Crippen LogP contribution in [0.25, 0.3) is 0 Å². The second kappa shape index (κ2) is 5.85. The fourth-order valence-electron chi connectivity index (χ4n) is 2.36. The predicted octanol–water partition coefficient (Wildman–Crippen LogP) is 4.84. The van der Waals surface area contributed by atoms with E-state index in [4.69, 9.17) is 4.74 Å². The summed E-state index contributed by atoms with van der Waals surface area (Å²) in [6.07, 6.45) is 3.24. The van der Waals surface area contributed by atoms with Crippen molar-refractivity contribution in [2.75, 3.05) is 0 Å². The average Bonchev–Trinajstić information content (AvgIpc) is 2.34. The Morgan fingerprint density at radius 3 is 2.11 bits per heavy atom. The van der Waals surface area contributed by atoms with Crippen LogP contribution in [0.4, 0.5) is 0 Å². The second-order valence-electron chi connectivity index (χ2n) is 6.10. The monoisotopic (exact) mass is 264 g/mol. The summed E-state index contributed by atoms with van der Waals surface area (Å²) in [5.74, 6) is 1.42. The topological polar surface area (TPSA) is 29.5 Å². The van der Waals surface area contributed by atoms with Crippen molar-refractivity contribution in [2.45, 2.75) is 73.3 Å². The molecule has 2 heteroatoms. The average molecular weight is 264 g/mol. The van der Waals surface area contributed by atoms with Gasteiger partial charge in [0.2, 0.25) is 0 Å². The Bertz CT molecular complexity index is 459. The first-order valence-electron chi connectivity index (χ1n) is 7.25. The lowest BCUT2D eigenvalue weighted by Gasteiger charge is -2.35. The smallest absolute Gasteiger partial charge is 0.127 e. The van der Waals surface area contributed by atoms with Crippen LogP contribution in [0.1, 0.15) is 62.8 Å². The van der Waals surface area contributed by atoms with Gasteiger partial charge in [-0.1, -0.05) is 20.3 Å². The van der Waals surface area contributed by atoms with E-state index < -0.39 is 0 Å². The van der Waals surface area contributed by atoms with E-state index in [1.165, 1.54) is 12.0 Å². The van der Waals surface area contributed by atoms with Crippen LogP contribution < -0.4 is 4.74 Å². The number of phenolic OH excluding ortho intramolecular Hbond substituents is 1. The van der Waals surface area contributed by atoms with Crippen molar-refractivity contribution in [3.63, 3.8) is 0 Å². The summed E-state index contributed by atoms with van der Waals surface area (Å²) < 4.78 is 6.06. The molecule has 0 bridgehead atoms. The molecule has 1 aromatic rings. The van der Waals surface area contributed by atoms with Gasteiger partial charge in [0, 0.05) is 5.56 Å². The molecule has 0 amide bonds. The summed E-state index contributed by atoms with van der Waals surface area (Å²) in [6.45, 7) is 14.4. The Balaban J connectivity index is 0.000000550. The van der Waals surface area contributed by atoms with Gasteiger partial charge in [0.15, 0.2) is 0 Å². The lowest BCUT2D eigenvalue weighted by atomic mass is 9.88. The highest BCUT2D eigenvalue weighted by atomic mass is 16.5. The predicted molar refractivity (Wildman–Crippen MR) is 81.3 cm³/mol. The zero-order valence-corrected chi connectivity index (χ0v) is 13.5. The minimum atomic E-state index is -0.0897. The van der Waals surface area contributed by atoms with Crippen LogP contribution in [-0.2, 0) is 6.42 Å². The van der Waals surface area contributed by atoms with Gasteiger partial charge in [-0.05, 0) is 64.2 Å². The highest BCUT2D eigenvalue weighted by molar-refractivity contribution is 5.58. The fraction of sp³-hybridized carbons (Fsp3) is 0.647. The number of benzene rings is 1. The van der Waals surface area contributed by atoms with E-state index in [-0.39, 0.29) is 5.60 Å². The molecule has 1 heterocycles. The first kappa shape index (κ1) is 15.9. The van der Waals surface area contributed by atoms with Crippen LogP contribution in [0.3, 0.4) is 0 Å². The third kappa shape index (κ3) is 3.23. The lowest BCUT2D eigenvalue weighted by Crippen LogP contribution is -2.33. The highest BCUT2D eigenvalue weighted by Gasteiger charge is 2.30. The van der Waals surface area contributed by atoms with E-state index in [0.29, 0.717) is 5.75 Å². The van der Waals surface area contributed by atoms with Gasteiger partial charge in [0.1, 0.15) is 17.1 Å². The number of hydrogen-bond acceptors (Lipinski definition) is 2. The number of phenols is 1. The molecule has 0 aromatic heterocycles. The van der Waals surface area contributed by atoms with Gasteiger partial charge in [-0.2, -0.15) is 0 Å². The van der Waals surface area contributed by atoms with Crippen molar-refractivity contribution in [3.05, 3.63) is 22.3 Å². The molecule has 1 aliphatic rings. The molecular formula is C17H28O2. The Kier molecular flexibility index (Phi) is 4.89. The fourth-order valence-corrected chi connectivity index (χ4v) is 2.36. The molecule has 1 aliphatic heterocycles. The summed E-state index contributed by atoms with van der Waals surface area (Å²) in [6, 6.07) is 0. The molecular weight excluding hydrogens is 236 g/mol. The van der Waals surface area contributed by atoms with E-state index >= 15 is 0 Å². The zero-order chi connectivity index (χ0) is 14.8. The molecule has 0 aliphatic carbocycles. The van der Waals surface area contributed by atoms with Gasteiger partial charge in [0.25, 0.3) is 0 Å². The molecule has 0 saturated carbocycles. The third-order valence-corrected chi connectivity index (χ3v) is 3.70. The van der Waals surface area contributed by atoms with Gasteiger partial charge in [-0.15, -0.1) is 0 Å². The summed E-state index contributed by atoms with van der Waals surface area (Å²) in [7, 11) is 0. The van der Waals surface area contributed by atoms with Crippen LogP contribution in [0, 0.1) is 20.8 Å². The Morgan fingerprint density at radius 1 is 1.05 bits per heavy atom. The van der Waals surface area contributed by atoms with E-state index in [1.54, 1.807) is 0 Å². The van der Waals surface area contributed by atoms with Gasteiger partial charge in [0.05, 0.1) is 0 Å². The number of aromatic hydroxyl groups is 1. The van der Waals surface area contributed by atoms with Crippen LogP contribution >= 0.6 is 0 Å². The molecule has 19 heavy (non-hydrogen) atoms. The molecule has 1 aromatic carbocycles. The third-order valence-electron chi connectivity index (χ3n) is 3.70. The van der Waals surface area contributed by atoms with Gasteiger partial charge in [-0.3, -0.25) is 0 Å². The minimum Gasteiger partial charge on any atom is -0.507 e. The Labute approximate surface area is 117 Å². The van der Waals surface area contributed by atoms with E-state index in [0.717, 1.165) is 35.3 Å². The molecule has 0 saturated heterocycles. The second-order valence-corrected chi connectivity index (χ2v) is 6.10. The highest BCUT2D eigenvalue weighted by Crippen LogP contribution is 2.42. The summed E-state index contributed by atoms with van der Waals surface area (Å²) in [4.78, 5) is 0. The maximum atomic E-state index is 10.0. The Hall–Kier alpha value is -1.18. The zero-order valence-electron chi connectivity index (χ0n) is 13.5. The first-order chi connectivity index (χ1) is 8.75. The Morgan fingerprint density at radius 2 is 1.58 bits per heavy atom. The number of ether oxygens (including phenoxy) is 1. The number of rotatable bonds is 0. The van der Waals surface area contributed by atoms with E-state index in [1.807, 2.05) is 20.8 Å². The molecule has 0 unspecified atom stereocenters. The molecule has 0 atom stereocenters. The van der Waals surface area contributed by atoms with Crippen LogP contribution in [0.2, 0.25) is 0 Å². The molecule has 0 spiro atoms. The summed E-state index contributed by atoms with van der Waals surface area (Å²) in [5, 5.41) is 10.0. The maximum Gasteiger partial charge on any atom is 0.127 e. The standard InChI is InChI=1S/C14H20O2.C3H8/c1-8-9(2)13-11(10(3)12(8)15)6-7-14(4,5)16-13;1-3-2/h15H,6-7H2,1-5H3;3H2,1-2H3. The van der Waals surface area contributed by atoms with Crippen molar-refractivity contribution in [1.29, 1.82) is 0 Å². The molecule has 2 rings (SSSR count). The summed E-state index contributed by atoms with van der Waals surface area (Å²) in [5.41, 5.74) is 4.08. The summed E-state index contributed by atoms with van der Waals surface area (Å²) >= 11 is 0. The van der Waals surface area contributed by atoms with Gasteiger partial charge < -0.3 is 9.84 Å². The van der Waals surface area contributed by atoms with E-state index in [9.17, 15) is 5.11 Å². The van der Waals surface area contributed by atoms with Crippen molar-refractivity contribution in [3.8, 4) is 11.5 Å². The lowest BCUT2D eigenvalue weighted by molar-refractivity contribution is 0.0831. The first-order valence-corrected chi connectivity index (χ1v) is 7.25. The van der Waals surface area contributed by atoms with Crippen LogP contribution in [-0.4, -0.2) is 10.7 Å². The van der Waals surface area contributed by atoms with Gasteiger partial charge >= 0.3 is 0 Å². The molecule has 2 nitrogen and oxygen atoms in total. The van der Waals surface area contributed by atoms with Crippen molar-refractivity contribution < 1.29 is 9.84 Å².